The second-order valence-corrected chi connectivity index (χ2v) is 5.84. The number of carboxylic acid groups (broad SMARTS) is 1. The molecule has 0 saturated carbocycles. The number of aliphatic hydroxyl groups excluding tert-OH is 2. The molecular formula is C14H25N5O7. The number of nitrogens with two attached hydrogens (primary N) is 2. The Morgan fingerprint density at radius 3 is 2.31 bits per heavy atom. The highest BCUT2D eigenvalue weighted by atomic mass is 16.5. The SMILES string of the molecule is CC(=O)NC(C(O)CO)C1OC(C(=O)O)=CC(NC(N)N)C1NC(C)=O. The van der Waals surface area contributed by atoms with Gasteiger partial charge in [0.2, 0.25) is 17.6 Å². The average Bonchev–Trinajstić information content (AvgIpc) is 2.52. The normalized spacial score (nSPS) is 24.9. The van der Waals surface area contributed by atoms with E-state index in [-0.39, 0.29) is 0 Å². The van der Waals surface area contributed by atoms with Gasteiger partial charge in [0, 0.05) is 13.8 Å². The number of amides is 2. The summed E-state index contributed by atoms with van der Waals surface area (Å²) in [7, 11) is 0. The Labute approximate surface area is 149 Å². The summed E-state index contributed by atoms with van der Waals surface area (Å²) in [6.07, 6.45) is -2.61. The van der Waals surface area contributed by atoms with Crippen LogP contribution in [0.25, 0.3) is 0 Å². The molecule has 1 heterocycles. The van der Waals surface area contributed by atoms with Crippen LogP contribution in [0.2, 0.25) is 0 Å². The number of carboxylic acids is 1. The van der Waals surface area contributed by atoms with Crippen molar-refractivity contribution in [3.63, 3.8) is 0 Å². The second-order valence-electron chi connectivity index (χ2n) is 5.84. The maximum Gasteiger partial charge on any atom is 0.370 e. The van der Waals surface area contributed by atoms with Crippen molar-refractivity contribution in [2.45, 2.75) is 50.5 Å². The highest BCUT2D eigenvalue weighted by molar-refractivity contribution is 5.85. The van der Waals surface area contributed by atoms with Crippen molar-refractivity contribution < 1.29 is 34.4 Å². The van der Waals surface area contributed by atoms with E-state index in [1.165, 1.54) is 19.9 Å². The van der Waals surface area contributed by atoms with E-state index in [0.29, 0.717) is 0 Å². The van der Waals surface area contributed by atoms with Gasteiger partial charge in [0.25, 0.3) is 0 Å². The highest BCUT2D eigenvalue weighted by Crippen LogP contribution is 2.23. The van der Waals surface area contributed by atoms with Crippen LogP contribution in [0.5, 0.6) is 0 Å². The number of aliphatic carboxylic acids is 1. The van der Waals surface area contributed by atoms with Crippen LogP contribution in [0.1, 0.15) is 13.8 Å². The molecule has 148 valence electrons. The summed E-state index contributed by atoms with van der Waals surface area (Å²) in [6.45, 7) is 1.66. The van der Waals surface area contributed by atoms with E-state index < -0.39 is 66.8 Å². The third kappa shape index (κ3) is 5.93. The van der Waals surface area contributed by atoms with Gasteiger partial charge in [0.1, 0.15) is 18.5 Å². The fraction of sp³-hybridized carbons (Fsp3) is 0.643. The molecule has 0 fully saturated rings. The van der Waals surface area contributed by atoms with Gasteiger partial charge in [-0.05, 0) is 6.08 Å². The van der Waals surface area contributed by atoms with Crippen molar-refractivity contribution in [2.24, 2.45) is 11.5 Å². The van der Waals surface area contributed by atoms with Crippen molar-refractivity contribution in [1.29, 1.82) is 0 Å². The molecule has 0 aliphatic carbocycles. The van der Waals surface area contributed by atoms with Gasteiger partial charge in [-0.15, -0.1) is 0 Å². The van der Waals surface area contributed by atoms with Gasteiger partial charge in [0.05, 0.1) is 24.7 Å². The Balaban J connectivity index is 3.35. The van der Waals surface area contributed by atoms with Gasteiger partial charge in [-0.3, -0.25) is 14.9 Å². The monoisotopic (exact) mass is 375 g/mol. The number of hydrogen-bond donors (Lipinski definition) is 8. The lowest BCUT2D eigenvalue weighted by atomic mass is 9.90. The first-order valence-electron chi connectivity index (χ1n) is 7.79. The third-order valence-electron chi connectivity index (χ3n) is 3.63. The van der Waals surface area contributed by atoms with E-state index in [1.54, 1.807) is 0 Å². The minimum Gasteiger partial charge on any atom is -0.479 e. The second kappa shape index (κ2) is 9.45. The standard InChI is InChI=1S/C14H25N5O7/c1-5(21)17-10-7(19-14(15)16)3-9(13(24)25)26-12(10)11(8(23)4-20)18-6(2)22/h3,7-8,10-12,14,19-20,23H,4,15-16H2,1-2H3,(H,17,21)(H,18,22)(H,24,25). The van der Waals surface area contributed by atoms with E-state index in [0.717, 1.165) is 0 Å². The van der Waals surface area contributed by atoms with Crippen LogP contribution in [0.3, 0.4) is 0 Å². The van der Waals surface area contributed by atoms with Crippen LogP contribution in [0.4, 0.5) is 0 Å². The van der Waals surface area contributed by atoms with E-state index in [2.05, 4.69) is 16.0 Å². The Bertz CT molecular complexity index is 568. The predicted octanol–water partition coefficient (Wildman–Crippen LogP) is -4.12. The molecule has 0 saturated heterocycles. The first-order chi connectivity index (χ1) is 12.1. The molecule has 26 heavy (non-hydrogen) atoms. The Kier molecular flexibility index (Phi) is 7.92. The van der Waals surface area contributed by atoms with Crippen LogP contribution in [0, 0.1) is 0 Å². The molecule has 1 rings (SSSR count). The lowest BCUT2D eigenvalue weighted by Gasteiger charge is -2.42. The number of rotatable bonds is 8. The smallest absolute Gasteiger partial charge is 0.370 e. The highest BCUT2D eigenvalue weighted by Gasteiger charge is 2.44. The lowest BCUT2D eigenvalue weighted by Crippen LogP contribution is -2.68. The summed E-state index contributed by atoms with van der Waals surface area (Å²) in [4.78, 5) is 34.5. The summed E-state index contributed by atoms with van der Waals surface area (Å²) in [5.74, 6) is -2.93. The van der Waals surface area contributed by atoms with Crippen molar-refractivity contribution in [2.75, 3.05) is 6.61 Å². The van der Waals surface area contributed by atoms with Gasteiger partial charge in [-0.1, -0.05) is 0 Å². The molecule has 0 bridgehead atoms. The lowest BCUT2D eigenvalue weighted by molar-refractivity contribution is -0.141. The molecule has 5 atom stereocenters. The third-order valence-corrected chi connectivity index (χ3v) is 3.63. The van der Waals surface area contributed by atoms with E-state index in [9.17, 15) is 29.7 Å². The van der Waals surface area contributed by atoms with E-state index in [4.69, 9.17) is 16.2 Å². The molecule has 0 aromatic heterocycles. The van der Waals surface area contributed by atoms with Crippen LogP contribution in [-0.2, 0) is 19.1 Å². The summed E-state index contributed by atoms with van der Waals surface area (Å²) in [5.41, 5.74) is 11.0. The van der Waals surface area contributed by atoms with Crippen molar-refractivity contribution in [1.82, 2.24) is 16.0 Å². The Morgan fingerprint density at radius 2 is 1.88 bits per heavy atom. The largest absolute Gasteiger partial charge is 0.479 e. The van der Waals surface area contributed by atoms with Crippen molar-refractivity contribution in [3.05, 3.63) is 11.8 Å². The van der Waals surface area contributed by atoms with Gasteiger partial charge in [-0.25, -0.2) is 4.79 Å². The Hall–Kier alpha value is -2.25. The van der Waals surface area contributed by atoms with E-state index in [1.807, 2.05) is 0 Å². The molecule has 12 nitrogen and oxygen atoms in total. The number of hydrogen-bond acceptors (Lipinski definition) is 9. The minimum atomic E-state index is -1.49. The van der Waals surface area contributed by atoms with Gasteiger partial charge >= 0.3 is 5.97 Å². The maximum atomic E-state index is 11.6. The topological polar surface area (TPSA) is 209 Å². The number of ether oxygens (including phenoxy) is 1. The fourth-order valence-electron chi connectivity index (χ4n) is 2.67. The molecule has 1 aliphatic heterocycles. The van der Waals surface area contributed by atoms with Gasteiger partial charge < -0.3 is 42.2 Å². The zero-order valence-corrected chi connectivity index (χ0v) is 14.4. The number of carbonyl (C=O) groups excluding carboxylic acids is 2. The molecule has 10 N–H and O–H groups in total. The van der Waals surface area contributed by atoms with Crippen LogP contribution in [-0.4, -0.2) is 76.3 Å². The summed E-state index contributed by atoms with van der Waals surface area (Å²) < 4.78 is 5.40. The summed E-state index contributed by atoms with van der Waals surface area (Å²) in [6, 6.07) is -3.06. The molecule has 5 unspecified atom stereocenters. The molecule has 0 radical (unpaired) electrons. The number of aliphatic hydroxyl groups is 2. The summed E-state index contributed by atoms with van der Waals surface area (Å²) >= 11 is 0. The zero-order chi connectivity index (χ0) is 20.0. The molecular weight excluding hydrogens is 350 g/mol. The first-order valence-corrected chi connectivity index (χ1v) is 7.79. The van der Waals surface area contributed by atoms with E-state index >= 15 is 0 Å². The number of nitrogens with one attached hydrogen (secondary N) is 3. The van der Waals surface area contributed by atoms with Gasteiger partial charge in [0.15, 0.2) is 0 Å². The van der Waals surface area contributed by atoms with Gasteiger partial charge in [-0.2, -0.15) is 0 Å². The van der Waals surface area contributed by atoms with Crippen LogP contribution < -0.4 is 27.4 Å². The summed E-state index contributed by atoms with van der Waals surface area (Å²) in [5, 5.41) is 36.3. The zero-order valence-electron chi connectivity index (χ0n) is 14.4. The van der Waals surface area contributed by atoms with Crippen molar-refractivity contribution >= 4 is 17.8 Å². The maximum absolute atomic E-state index is 11.6. The Morgan fingerprint density at radius 1 is 1.27 bits per heavy atom. The number of carbonyl (C=O) groups is 3. The average molecular weight is 375 g/mol. The quantitative estimate of drug-likeness (QED) is 0.192. The van der Waals surface area contributed by atoms with Crippen molar-refractivity contribution in [3.8, 4) is 0 Å². The van der Waals surface area contributed by atoms with Crippen LogP contribution in [0.15, 0.2) is 11.8 Å². The molecule has 1 aliphatic rings. The minimum absolute atomic E-state index is 0.478. The first kappa shape index (κ1) is 21.8. The fourth-order valence-corrected chi connectivity index (χ4v) is 2.67. The molecule has 0 aromatic rings. The molecule has 0 spiro atoms. The molecule has 12 heteroatoms. The van der Waals surface area contributed by atoms with Crippen LogP contribution >= 0.6 is 0 Å². The molecule has 2 amide bonds. The predicted molar refractivity (Wildman–Crippen MR) is 88.0 cm³/mol. The molecule has 0 aromatic carbocycles.